The highest BCUT2D eigenvalue weighted by Gasteiger charge is 2.58. The molecule has 188 valence electrons. The first-order chi connectivity index (χ1) is 18.1. The maximum absolute atomic E-state index is 13.7. The van der Waals surface area contributed by atoms with Crippen LogP contribution in [0.15, 0.2) is 48.5 Å². The van der Waals surface area contributed by atoms with Crippen LogP contribution in [0.2, 0.25) is 0 Å². The molecular formula is C27H30N4O5. The molecule has 1 saturated heterocycles. The van der Waals surface area contributed by atoms with Crippen molar-refractivity contribution in [3.05, 3.63) is 65.2 Å². The van der Waals surface area contributed by atoms with E-state index < -0.39 is 36.0 Å². The molecule has 0 bridgehead atoms. The van der Waals surface area contributed by atoms with Gasteiger partial charge in [0.2, 0.25) is 11.5 Å². The normalized spacial score (nSPS) is 22.4. The molecule has 0 radical (unpaired) electrons. The molecule has 2 fully saturated rings. The van der Waals surface area contributed by atoms with Crippen molar-refractivity contribution in [3.8, 4) is 0 Å². The first-order valence-electron chi connectivity index (χ1n) is 13.1. The van der Waals surface area contributed by atoms with Crippen molar-refractivity contribution in [1.82, 2.24) is 15.1 Å². The summed E-state index contributed by atoms with van der Waals surface area (Å²) in [6.07, 6.45) is 1.17. The summed E-state index contributed by atoms with van der Waals surface area (Å²) in [5.74, 6) is -1.61. The Kier molecular flexibility index (Phi) is 5.53. The van der Waals surface area contributed by atoms with E-state index in [1.54, 1.807) is 18.2 Å². The standard InChI is InChI=1S/C27H30N4O5/c1-17(19-8-9-19)30(15-18-6-4-3-5-7-18)23(32)16-31-24(33)27(36-26(31)35)13-12-20-14-21(10-11-22(20)27)29-25(34)28-2/h3-7,10-11,14,17,19H,8-9,12-13,15-16H2,1-2H3,(H2,28,29,34)/t17-,27?/m0/s1/i16D2. The van der Waals surface area contributed by atoms with Gasteiger partial charge < -0.3 is 20.3 Å². The SMILES string of the molecule is [2H]C([2H])(C(=O)N(Cc1ccccc1)[C@@H](C)C1CC1)N1C(=O)OC2(CCc3cc(NC(=O)NC)ccc32)C1=O. The van der Waals surface area contributed by atoms with E-state index in [0.29, 0.717) is 28.1 Å². The van der Waals surface area contributed by atoms with Crippen molar-refractivity contribution in [2.45, 2.75) is 50.8 Å². The largest absolute Gasteiger partial charge is 0.427 e. The summed E-state index contributed by atoms with van der Waals surface area (Å²) >= 11 is 0. The summed E-state index contributed by atoms with van der Waals surface area (Å²) < 4.78 is 23.0. The average Bonchev–Trinajstić information content (AvgIpc) is 3.64. The number of ether oxygens (including phenoxy) is 1. The third kappa shape index (κ3) is 4.29. The monoisotopic (exact) mass is 492 g/mol. The molecule has 2 N–H and O–H groups in total. The summed E-state index contributed by atoms with van der Waals surface area (Å²) in [7, 11) is 1.49. The molecule has 9 nitrogen and oxygen atoms in total. The minimum atomic E-state index is -2.95. The number of hydrogen-bond acceptors (Lipinski definition) is 5. The topological polar surface area (TPSA) is 108 Å². The van der Waals surface area contributed by atoms with Gasteiger partial charge in [0, 0.05) is 37.3 Å². The predicted molar refractivity (Wildman–Crippen MR) is 132 cm³/mol. The highest BCUT2D eigenvalue weighted by molar-refractivity contribution is 6.06. The molecule has 9 heteroatoms. The number of fused-ring (bicyclic) bond motifs is 2. The molecule has 2 aromatic carbocycles. The van der Waals surface area contributed by atoms with Gasteiger partial charge in [-0.3, -0.25) is 9.59 Å². The van der Waals surface area contributed by atoms with Crippen molar-refractivity contribution >= 4 is 29.6 Å². The van der Waals surface area contributed by atoms with E-state index in [1.165, 1.54) is 11.9 Å². The Balaban J connectivity index is 1.43. The Morgan fingerprint density at radius 3 is 2.67 bits per heavy atom. The molecule has 0 aromatic heterocycles. The third-order valence-corrected chi connectivity index (χ3v) is 7.22. The van der Waals surface area contributed by atoms with Crippen molar-refractivity contribution in [3.63, 3.8) is 0 Å². The van der Waals surface area contributed by atoms with Gasteiger partial charge in [0.1, 0.15) is 6.50 Å². The van der Waals surface area contributed by atoms with Gasteiger partial charge in [0.05, 0.1) is 2.74 Å². The molecule has 1 spiro atoms. The van der Waals surface area contributed by atoms with Crippen LogP contribution in [-0.4, -0.2) is 53.3 Å². The molecule has 2 aromatic rings. The van der Waals surface area contributed by atoms with E-state index >= 15 is 0 Å². The van der Waals surface area contributed by atoms with Crippen molar-refractivity contribution in [2.75, 3.05) is 18.9 Å². The molecule has 36 heavy (non-hydrogen) atoms. The van der Waals surface area contributed by atoms with Gasteiger partial charge in [-0.1, -0.05) is 36.4 Å². The predicted octanol–water partition coefficient (Wildman–Crippen LogP) is 3.39. The lowest BCUT2D eigenvalue weighted by molar-refractivity contribution is -0.143. The maximum Gasteiger partial charge on any atom is 0.418 e. The first kappa shape index (κ1) is 21.4. The highest BCUT2D eigenvalue weighted by Crippen LogP contribution is 2.46. The van der Waals surface area contributed by atoms with Gasteiger partial charge in [0.25, 0.3) is 5.91 Å². The summed E-state index contributed by atoms with van der Waals surface area (Å²) in [6.45, 7) is -0.917. The van der Waals surface area contributed by atoms with Crippen molar-refractivity contribution in [1.29, 1.82) is 0 Å². The van der Waals surface area contributed by atoms with Crippen LogP contribution in [0.5, 0.6) is 0 Å². The van der Waals surface area contributed by atoms with E-state index in [0.717, 1.165) is 18.4 Å². The number of aryl methyl sites for hydroxylation is 1. The molecule has 5 amide bonds. The minimum absolute atomic E-state index is 0.114. The first-order valence-corrected chi connectivity index (χ1v) is 12.1. The highest BCUT2D eigenvalue weighted by atomic mass is 16.6. The summed E-state index contributed by atoms with van der Waals surface area (Å²) in [4.78, 5) is 54.0. The lowest BCUT2D eigenvalue weighted by atomic mass is 9.94. The Labute approximate surface area is 212 Å². The molecule has 1 saturated carbocycles. The van der Waals surface area contributed by atoms with Gasteiger partial charge in [-0.15, -0.1) is 0 Å². The Morgan fingerprint density at radius 1 is 1.22 bits per heavy atom. The number of hydrogen-bond donors (Lipinski definition) is 2. The van der Waals surface area contributed by atoms with Crippen LogP contribution in [0.1, 0.15) is 45.6 Å². The molecule has 2 aliphatic carbocycles. The van der Waals surface area contributed by atoms with Gasteiger partial charge in [-0.25, -0.2) is 14.5 Å². The third-order valence-electron chi connectivity index (χ3n) is 7.22. The molecule has 1 unspecified atom stereocenters. The van der Waals surface area contributed by atoms with Crippen LogP contribution in [-0.2, 0) is 32.9 Å². The Hall–Kier alpha value is -3.88. The second-order valence-electron chi connectivity index (χ2n) is 9.52. The molecule has 2 atom stereocenters. The van der Waals surface area contributed by atoms with Crippen LogP contribution in [0.3, 0.4) is 0 Å². The number of anilines is 1. The number of rotatable bonds is 7. The number of carbonyl (C=O) groups is 4. The number of imide groups is 1. The van der Waals surface area contributed by atoms with Crippen LogP contribution in [0.4, 0.5) is 15.3 Å². The van der Waals surface area contributed by atoms with Gasteiger partial charge in [-0.2, -0.15) is 0 Å². The summed E-state index contributed by atoms with van der Waals surface area (Å²) in [5, 5.41) is 5.12. The van der Waals surface area contributed by atoms with Crippen LogP contribution >= 0.6 is 0 Å². The molecule has 5 rings (SSSR count). The second-order valence-corrected chi connectivity index (χ2v) is 9.52. The smallest absolute Gasteiger partial charge is 0.418 e. The maximum atomic E-state index is 13.7. The second kappa shape index (κ2) is 9.29. The van der Waals surface area contributed by atoms with Gasteiger partial charge in [0.15, 0.2) is 0 Å². The van der Waals surface area contributed by atoms with Crippen molar-refractivity contribution in [2.24, 2.45) is 5.92 Å². The van der Waals surface area contributed by atoms with Crippen molar-refractivity contribution < 1.29 is 26.7 Å². The number of carbonyl (C=O) groups excluding carboxylic acids is 4. The van der Waals surface area contributed by atoms with E-state index in [9.17, 15) is 19.2 Å². The number of nitrogens with zero attached hydrogens (tertiary/aromatic N) is 2. The van der Waals surface area contributed by atoms with Crippen LogP contribution < -0.4 is 10.6 Å². The fraction of sp³-hybridized carbons (Fsp3) is 0.407. The zero-order chi connectivity index (χ0) is 27.2. The fourth-order valence-corrected chi connectivity index (χ4v) is 5.01. The number of benzene rings is 2. The Bertz CT molecular complexity index is 1300. The summed E-state index contributed by atoms with van der Waals surface area (Å²) in [5.41, 5.74) is 0.739. The van der Waals surface area contributed by atoms with E-state index in [4.69, 9.17) is 7.48 Å². The van der Waals surface area contributed by atoms with E-state index in [2.05, 4.69) is 10.6 Å². The van der Waals surface area contributed by atoms with Crippen LogP contribution in [0.25, 0.3) is 0 Å². The lowest BCUT2D eigenvalue weighted by Gasteiger charge is -2.30. The lowest BCUT2D eigenvalue weighted by Crippen LogP contribution is -2.47. The van der Waals surface area contributed by atoms with Gasteiger partial charge in [-0.05, 0) is 55.4 Å². The zero-order valence-corrected chi connectivity index (χ0v) is 20.2. The Morgan fingerprint density at radius 2 is 1.97 bits per heavy atom. The number of urea groups is 1. The molecular weight excluding hydrogens is 460 g/mol. The number of amides is 5. The quantitative estimate of drug-likeness (QED) is 0.616. The summed E-state index contributed by atoms with van der Waals surface area (Å²) in [6, 6.07) is 13.4. The van der Waals surface area contributed by atoms with Gasteiger partial charge >= 0.3 is 12.1 Å². The van der Waals surface area contributed by atoms with E-state index in [-0.39, 0.29) is 24.9 Å². The number of nitrogens with one attached hydrogen (secondary N) is 2. The van der Waals surface area contributed by atoms with E-state index in [1.807, 2.05) is 37.3 Å². The molecule has 1 aliphatic heterocycles. The minimum Gasteiger partial charge on any atom is -0.427 e. The molecule has 3 aliphatic rings. The fourth-order valence-electron chi connectivity index (χ4n) is 5.01. The zero-order valence-electron chi connectivity index (χ0n) is 22.2. The molecule has 1 heterocycles. The average molecular weight is 493 g/mol. The van der Waals surface area contributed by atoms with Crippen LogP contribution in [0, 0.1) is 5.92 Å².